The summed E-state index contributed by atoms with van der Waals surface area (Å²) >= 11 is 0. The third kappa shape index (κ3) is 4.71. The molecule has 0 unspecified atom stereocenters. The number of aromatic nitrogens is 2. The van der Waals surface area contributed by atoms with Crippen LogP contribution in [0.4, 0.5) is 5.95 Å². The number of rotatable bonds is 4. The Hall–Kier alpha value is -2.71. The third-order valence-corrected chi connectivity index (χ3v) is 5.45. The summed E-state index contributed by atoms with van der Waals surface area (Å²) in [4.78, 5) is 35.9. The van der Waals surface area contributed by atoms with Crippen molar-refractivity contribution in [1.29, 1.82) is 0 Å². The molecular weight excluding hydrogens is 384 g/mol. The standard InChI is InChI=1S/C22H28N4O4/c1-14-10-26(11-15(2)29-14)22-23-20-13-25(9-8-19(20)21(28)24-22)12-17-4-6-18(7-5-17)30-16(3)27/h4-7,14-15H,8-13H2,1-3H3,(H,23,24,28)/t14-,15-/m0/s1. The van der Waals surface area contributed by atoms with Crippen molar-refractivity contribution < 1.29 is 14.3 Å². The third-order valence-electron chi connectivity index (χ3n) is 5.45. The highest BCUT2D eigenvalue weighted by Crippen LogP contribution is 2.21. The van der Waals surface area contributed by atoms with E-state index in [9.17, 15) is 9.59 Å². The highest BCUT2D eigenvalue weighted by molar-refractivity contribution is 5.69. The molecule has 1 aromatic carbocycles. The molecule has 8 heteroatoms. The number of benzene rings is 1. The Balaban J connectivity index is 1.48. The minimum absolute atomic E-state index is 0.0350. The lowest BCUT2D eigenvalue weighted by molar-refractivity contribution is -0.131. The molecule has 0 saturated carbocycles. The van der Waals surface area contributed by atoms with Gasteiger partial charge in [0.05, 0.1) is 17.9 Å². The Kier molecular flexibility index (Phi) is 5.87. The zero-order chi connectivity index (χ0) is 21.3. The summed E-state index contributed by atoms with van der Waals surface area (Å²) in [5, 5.41) is 0. The van der Waals surface area contributed by atoms with Crippen molar-refractivity contribution in [1.82, 2.24) is 14.9 Å². The first-order chi connectivity index (χ1) is 14.4. The fourth-order valence-electron chi connectivity index (χ4n) is 4.20. The molecule has 0 bridgehead atoms. The van der Waals surface area contributed by atoms with Crippen LogP contribution in [0.25, 0.3) is 0 Å². The minimum Gasteiger partial charge on any atom is -0.427 e. The van der Waals surface area contributed by atoms with Crippen LogP contribution < -0.4 is 15.2 Å². The maximum absolute atomic E-state index is 12.7. The summed E-state index contributed by atoms with van der Waals surface area (Å²) in [6, 6.07) is 7.52. The Morgan fingerprint density at radius 1 is 1.23 bits per heavy atom. The summed E-state index contributed by atoms with van der Waals surface area (Å²) in [5.41, 5.74) is 2.72. The molecule has 1 N–H and O–H groups in total. The van der Waals surface area contributed by atoms with Crippen molar-refractivity contribution in [2.45, 2.75) is 52.5 Å². The molecule has 30 heavy (non-hydrogen) atoms. The lowest BCUT2D eigenvalue weighted by atomic mass is 10.1. The van der Waals surface area contributed by atoms with E-state index >= 15 is 0 Å². The number of carbonyl (C=O) groups excluding carboxylic acids is 1. The molecule has 8 nitrogen and oxygen atoms in total. The molecule has 0 amide bonds. The molecule has 2 aliphatic heterocycles. The van der Waals surface area contributed by atoms with Crippen molar-refractivity contribution in [3.8, 4) is 5.75 Å². The van der Waals surface area contributed by atoms with Crippen molar-refractivity contribution in [3.05, 3.63) is 51.4 Å². The smallest absolute Gasteiger partial charge is 0.308 e. The van der Waals surface area contributed by atoms with Crippen molar-refractivity contribution in [2.24, 2.45) is 0 Å². The summed E-state index contributed by atoms with van der Waals surface area (Å²) in [6.45, 7) is 9.06. The second kappa shape index (κ2) is 8.57. The summed E-state index contributed by atoms with van der Waals surface area (Å²) in [6.07, 6.45) is 0.877. The number of carbonyl (C=O) groups is 1. The van der Waals surface area contributed by atoms with Gasteiger partial charge in [-0.05, 0) is 38.0 Å². The number of esters is 1. The monoisotopic (exact) mass is 412 g/mol. The van der Waals surface area contributed by atoms with Gasteiger partial charge in [0.1, 0.15) is 5.75 Å². The van der Waals surface area contributed by atoms with Gasteiger partial charge in [0.15, 0.2) is 0 Å². The average Bonchev–Trinajstić information content (AvgIpc) is 2.68. The number of aromatic amines is 1. The molecule has 2 atom stereocenters. The molecule has 1 saturated heterocycles. The fraction of sp³-hybridized carbons (Fsp3) is 0.500. The highest BCUT2D eigenvalue weighted by atomic mass is 16.5. The van der Waals surface area contributed by atoms with E-state index in [1.807, 2.05) is 26.0 Å². The largest absolute Gasteiger partial charge is 0.427 e. The molecular formula is C22H28N4O4. The molecule has 2 aliphatic rings. The van der Waals surface area contributed by atoms with E-state index in [1.165, 1.54) is 6.92 Å². The number of nitrogens with one attached hydrogen (secondary N) is 1. The summed E-state index contributed by atoms with van der Waals surface area (Å²) < 4.78 is 10.9. The van der Waals surface area contributed by atoms with E-state index in [-0.39, 0.29) is 23.7 Å². The van der Waals surface area contributed by atoms with Crippen LogP contribution in [0.1, 0.15) is 37.6 Å². The second-order valence-electron chi connectivity index (χ2n) is 8.18. The zero-order valence-electron chi connectivity index (χ0n) is 17.7. The number of morpholine rings is 1. The van der Waals surface area contributed by atoms with E-state index in [0.717, 1.165) is 29.9 Å². The van der Waals surface area contributed by atoms with E-state index in [2.05, 4.69) is 14.8 Å². The zero-order valence-corrected chi connectivity index (χ0v) is 17.7. The van der Waals surface area contributed by atoms with Gasteiger partial charge in [0, 0.05) is 45.2 Å². The summed E-state index contributed by atoms with van der Waals surface area (Å²) in [5.74, 6) is 0.849. The van der Waals surface area contributed by atoms with Crippen LogP contribution >= 0.6 is 0 Å². The Morgan fingerprint density at radius 3 is 2.60 bits per heavy atom. The predicted molar refractivity (Wildman–Crippen MR) is 113 cm³/mol. The van der Waals surface area contributed by atoms with Gasteiger partial charge in [-0.1, -0.05) is 12.1 Å². The first-order valence-electron chi connectivity index (χ1n) is 10.4. The molecule has 1 fully saturated rings. The Bertz CT molecular complexity index is 962. The van der Waals surface area contributed by atoms with Crippen LogP contribution in [0.5, 0.6) is 5.75 Å². The molecule has 0 spiro atoms. The van der Waals surface area contributed by atoms with E-state index < -0.39 is 0 Å². The second-order valence-corrected chi connectivity index (χ2v) is 8.18. The van der Waals surface area contributed by atoms with Crippen LogP contribution in [0, 0.1) is 0 Å². The first kappa shape index (κ1) is 20.6. The molecule has 4 rings (SSSR count). The number of H-pyrrole nitrogens is 1. The van der Waals surface area contributed by atoms with Gasteiger partial charge in [-0.2, -0.15) is 0 Å². The van der Waals surface area contributed by atoms with Gasteiger partial charge in [-0.15, -0.1) is 0 Å². The SMILES string of the molecule is CC(=O)Oc1ccc(CN2CCc3c(nc(N4C[C@H](C)O[C@@H](C)C4)[nH]c3=O)C2)cc1. The number of ether oxygens (including phenoxy) is 2. The molecule has 3 heterocycles. The van der Waals surface area contributed by atoms with E-state index in [4.69, 9.17) is 14.5 Å². The van der Waals surface area contributed by atoms with Crippen molar-refractivity contribution in [3.63, 3.8) is 0 Å². The van der Waals surface area contributed by atoms with Crippen LogP contribution in [0.2, 0.25) is 0 Å². The number of anilines is 1. The van der Waals surface area contributed by atoms with Crippen LogP contribution in [-0.2, 0) is 29.0 Å². The predicted octanol–water partition coefficient (Wildman–Crippen LogP) is 1.87. The highest BCUT2D eigenvalue weighted by Gasteiger charge is 2.27. The molecule has 0 radical (unpaired) electrons. The van der Waals surface area contributed by atoms with Crippen LogP contribution in [0.15, 0.2) is 29.1 Å². The van der Waals surface area contributed by atoms with Crippen LogP contribution in [-0.4, -0.2) is 52.7 Å². The van der Waals surface area contributed by atoms with Gasteiger partial charge in [0.25, 0.3) is 5.56 Å². The van der Waals surface area contributed by atoms with Crippen molar-refractivity contribution >= 4 is 11.9 Å². The van der Waals surface area contributed by atoms with Gasteiger partial charge < -0.3 is 14.4 Å². The van der Waals surface area contributed by atoms with E-state index in [0.29, 0.717) is 37.8 Å². The maximum Gasteiger partial charge on any atom is 0.308 e. The number of hydrogen-bond donors (Lipinski definition) is 1. The summed E-state index contributed by atoms with van der Waals surface area (Å²) in [7, 11) is 0. The maximum atomic E-state index is 12.7. The first-order valence-corrected chi connectivity index (χ1v) is 10.4. The normalized spacial score (nSPS) is 21.9. The lowest BCUT2D eigenvalue weighted by Gasteiger charge is -2.36. The van der Waals surface area contributed by atoms with Gasteiger partial charge >= 0.3 is 5.97 Å². The Labute approximate surface area is 175 Å². The van der Waals surface area contributed by atoms with Crippen molar-refractivity contribution in [2.75, 3.05) is 24.5 Å². The molecule has 0 aliphatic carbocycles. The van der Waals surface area contributed by atoms with Crippen LogP contribution in [0.3, 0.4) is 0 Å². The molecule has 2 aromatic rings. The van der Waals surface area contributed by atoms with E-state index in [1.54, 1.807) is 12.1 Å². The quantitative estimate of drug-likeness (QED) is 0.606. The minimum atomic E-state index is -0.327. The lowest BCUT2D eigenvalue weighted by Crippen LogP contribution is -2.47. The number of fused-ring (bicyclic) bond motifs is 1. The number of hydrogen-bond acceptors (Lipinski definition) is 7. The number of nitrogens with zero attached hydrogens (tertiary/aromatic N) is 3. The van der Waals surface area contributed by atoms with Gasteiger partial charge in [0.2, 0.25) is 5.95 Å². The average molecular weight is 412 g/mol. The van der Waals surface area contributed by atoms with Gasteiger partial charge in [-0.3, -0.25) is 19.5 Å². The Morgan fingerprint density at radius 2 is 1.93 bits per heavy atom. The van der Waals surface area contributed by atoms with Gasteiger partial charge in [-0.25, -0.2) is 4.98 Å². The molecule has 160 valence electrons. The fourth-order valence-corrected chi connectivity index (χ4v) is 4.20. The topological polar surface area (TPSA) is 87.8 Å². The molecule has 1 aromatic heterocycles.